The lowest BCUT2D eigenvalue weighted by molar-refractivity contribution is -0.146. The van der Waals surface area contributed by atoms with E-state index >= 15 is 0 Å². The Labute approximate surface area is 106 Å². The molecule has 0 radical (unpaired) electrons. The molecule has 1 aliphatic rings. The largest absolute Gasteiger partial charge is 0.469 e. The van der Waals surface area contributed by atoms with Gasteiger partial charge in [0.25, 0.3) is 0 Å². The number of imide groups is 1. The van der Waals surface area contributed by atoms with Gasteiger partial charge in [0.1, 0.15) is 6.61 Å². The SMILES string of the molecule is COC(=O)CC(C)C(=O)N1C(=O)OC[C@@H]1C(C)C. The van der Waals surface area contributed by atoms with Crippen molar-refractivity contribution in [1.82, 2.24) is 4.90 Å². The molecular formula is C12H19NO5. The number of hydrogen-bond donors (Lipinski definition) is 0. The fourth-order valence-electron chi connectivity index (χ4n) is 1.84. The number of nitrogens with zero attached hydrogens (tertiary/aromatic N) is 1. The van der Waals surface area contributed by atoms with Gasteiger partial charge in [-0.05, 0) is 5.92 Å². The molecule has 1 fully saturated rings. The summed E-state index contributed by atoms with van der Waals surface area (Å²) in [5.41, 5.74) is 0. The number of carbonyl (C=O) groups excluding carboxylic acids is 3. The Bertz CT molecular complexity index is 352. The number of esters is 1. The molecule has 1 rings (SSSR count). The van der Waals surface area contributed by atoms with Crippen LogP contribution in [0.4, 0.5) is 4.79 Å². The average molecular weight is 257 g/mol. The van der Waals surface area contributed by atoms with Crippen LogP contribution in [0.2, 0.25) is 0 Å². The summed E-state index contributed by atoms with van der Waals surface area (Å²) in [6.45, 7) is 5.64. The van der Waals surface area contributed by atoms with Crippen molar-refractivity contribution < 1.29 is 23.9 Å². The minimum atomic E-state index is -0.629. The van der Waals surface area contributed by atoms with E-state index < -0.39 is 18.0 Å². The second-order valence-electron chi connectivity index (χ2n) is 4.78. The van der Waals surface area contributed by atoms with E-state index in [0.29, 0.717) is 0 Å². The molecule has 0 saturated carbocycles. The highest BCUT2D eigenvalue weighted by Gasteiger charge is 2.41. The first-order valence-corrected chi connectivity index (χ1v) is 5.95. The number of methoxy groups -OCH3 is 1. The molecule has 0 bridgehead atoms. The van der Waals surface area contributed by atoms with E-state index in [4.69, 9.17) is 4.74 Å². The molecule has 0 aromatic rings. The lowest BCUT2D eigenvalue weighted by Crippen LogP contribution is -2.44. The van der Waals surface area contributed by atoms with Gasteiger partial charge in [-0.1, -0.05) is 20.8 Å². The lowest BCUT2D eigenvalue weighted by Gasteiger charge is -2.24. The highest BCUT2D eigenvalue weighted by molar-refractivity contribution is 5.96. The molecule has 6 heteroatoms. The normalized spacial score (nSPS) is 20.8. The van der Waals surface area contributed by atoms with Crippen LogP contribution in [0.25, 0.3) is 0 Å². The highest BCUT2D eigenvalue weighted by Crippen LogP contribution is 2.22. The van der Waals surface area contributed by atoms with Crippen LogP contribution in [-0.2, 0) is 19.1 Å². The van der Waals surface area contributed by atoms with Crippen LogP contribution in [0.3, 0.4) is 0 Å². The van der Waals surface area contributed by atoms with Crippen molar-refractivity contribution >= 4 is 18.0 Å². The van der Waals surface area contributed by atoms with Gasteiger partial charge >= 0.3 is 12.1 Å². The third-order valence-corrected chi connectivity index (χ3v) is 3.03. The molecule has 102 valence electrons. The number of rotatable bonds is 4. The van der Waals surface area contributed by atoms with Crippen molar-refractivity contribution in [2.45, 2.75) is 33.2 Å². The van der Waals surface area contributed by atoms with Gasteiger partial charge in [0.05, 0.1) is 19.6 Å². The fourth-order valence-corrected chi connectivity index (χ4v) is 1.84. The van der Waals surface area contributed by atoms with E-state index in [1.54, 1.807) is 6.92 Å². The number of ether oxygens (including phenoxy) is 2. The van der Waals surface area contributed by atoms with Crippen LogP contribution >= 0.6 is 0 Å². The summed E-state index contributed by atoms with van der Waals surface area (Å²) in [6, 6.07) is -0.259. The summed E-state index contributed by atoms with van der Waals surface area (Å²) < 4.78 is 9.40. The number of carbonyl (C=O) groups is 3. The van der Waals surface area contributed by atoms with Crippen molar-refractivity contribution in [3.05, 3.63) is 0 Å². The summed E-state index contributed by atoms with van der Waals surface area (Å²) in [7, 11) is 1.26. The van der Waals surface area contributed by atoms with E-state index in [-0.39, 0.29) is 30.9 Å². The molecule has 0 N–H and O–H groups in total. The average Bonchev–Trinajstić information content (AvgIpc) is 2.69. The van der Waals surface area contributed by atoms with Gasteiger partial charge in [0.15, 0.2) is 0 Å². The van der Waals surface area contributed by atoms with Gasteiger partial charge in [0, 0.05) is 5.92 Å². The minimum Gasteiger partial charge on any atom is -0.469 e. The topological polar surface area (TPSA) is 72.9 Å². The summed E-state index contributed by atoms with van der Waals surface area (Å²) in [5, 5.41) is 0. The monoisotopic (exact) mass is 257 g/mol. The van der Waals surface area contributed by atoms with Crippen molar-refractivity contribution in [2.75, 3.05) is 13.7 Å². The maximum atomic E-state index is 12.1. The van der Waals surface area contributed by atoms with E-state index in [0.717, 1.165) is 4.90 Å². The Morgan fingerprint density at radius 3 is 2.56 bits per heavy atom. The zero-order valence-electron chi connectivity index (χ0n) is 11.1. The van der Waals surface area contributed by atoms with Gasteiger partial charge in [-0.25, -0.2) is 9.69 Å². The van der Waals surface area contributed by atoms with Crippen molar-refractivity contribution in [2.24, 2.45) is 11.8 Å². The molecule has 0 aromatic heterocycles. The molecule has 2 atom stereocenters. The predicted molar refractivity (Wildman–Crippen MR) is 62.6 cm³/mol. The third-order valence-electron chi connectivity index (χ3n) is 3.03. The number of hydrogen-bond acceptors (Lipinski definition) is 5. The second kappa shape index (κ2) is 5.84. The maximum absolute atomic E-state index is 12.1. The van der Waals surface area contributed by atoms with Crippen LogP contribution < -0.4 is 0 Å². The summed E-state index contributed by atoms with van der Waals surface area (Å²) in [5.74, 6) is -1.33. The number of cyclic esters (lactones) is 1. The van der Waals surface area contributed by atoms with Crippen molar-refractivity contribution in [3.63, 3.8) is 0 Å². The molecule has 0 aliphatic carbocycles. The van der Waals surface area contributed by atoms with E-state index in [1.165, 1.54) is 7.11 Å². The Kier molecular flexibility index (Phi) is 4.69. The summed E-state index contributed by atoms with van der Waals surface area (Å²) in [4.78, 5) is 35.9. The minimum absolute atomic E-state index is 0.0378. The van der Waals surface area contributed by atoms with Crippen LogP contribution in [0, 0.1) is 11.8 Å². The molecule has 1 aliphatic heterocycles. The van der Waals surface area contributed by atoms with Gasteiger partial charge in [-0.3, -0.25) is 9.59 Å². The molecule has 2 amide bonds. The van der Waals surface area contributed by atoms with E-state index in [9.17, 15) is 14.4 Å². The Morgan fingerprint density at radius 2 is 2.06 bits per heavy atom. The Morgan fingerprint density at radius 1 is 1.44 bits per heavy atom. The van der Waals surface area contributed by atoms with Gasteiger partial charge in [-0.2, -0.15) is 0 Å². The van der Waals surface area contributed by atoms with Crippen molar-refractivity contribution in [1.29, 1.82) is 0 Å². The summed E-state index contributed by atoms with van der Waals surface area (Å²) in [6.07, 6.45) is -0.667. The Balaban J connectivity index is 2.74. The molecular weight excluding hydrogens is 238 g/mol. The first-order chi connectivity index (χ1) is 8.38. The first kappa shape index (κ1) is 14.5. The fraction of sp³-hybridized carbons (Fsp3) is 0.750. The van der Waals surface area contributed by atoms with Crippen LogP contribution in [0.1, 0.15) is 27.2 Å². The van der Waals surface area contributed by atoms with Gasteiger partial charge < -0.3 is 9.47 Å². The van der Waals surface area contributed by atoms with Gasteiger partial charge in [0.2, 0.25) is 5.91 Å². The molecule has 1 unspecified atom stereocenters. The molecule has 0 aromatic carbocycles. The lowest BCUT2D eigenvalue weighted by atomic mass is 10.0. The van der Waals surface area contributed by atoms with Crippen molar-refractivity contribution in [3.8, 4) is 0 Å². The van der Waals surface area contributed by atoms with E-state index in [2.05, 4.69) is 4.74 Å². The van der Waals surface area contributed by atoms with Gasteiger partial charge in [-0.15, -0.1) is 0 Å². The second-order valence-corrected chi connectivity index (χ2v) is 4.78. The zero-order valence-corrected chi connectivity index (χ0v) is 11.1. The first-order valence-electron chi connectivity index (χ1n) is 5.95. The maximum Gasteiger partial charge on any atom is 0.416 e. The molecule has 18 heavy (non-hydrogen) atoms. The molecule has 0 spiro atoms. The van der Waals surface area contributed by atoms with E-state index in [1.807, 2.05) is 13.8 Å². The zero-order chi connectivity index (χ0) is 13.9. The van der Waals surface area contributed by atoms with Crippen LogP contribution in [0.15, 0.2) is 0 Å². The standard InChI is InChI=1S/C12H19NO5/c1-7(2)9-6-18-12(16)13(9)11(15)8(3)5-10(14)17-4/h7-9H,5-6H2,1-4H3/t8?,9-/m1/s1. The van der Waals surface area contributed by atoms with Crippen LogP contribution in [0.5, 0.6) is 0 Å². The Hall–Kier alpha value is -1.59. The predicted octanol–water partition coefficient (Wildman–Crippen LogP) is 1.19. The summed E-state index contributed by atoms with van der Waals surface area (Å²) >= 11 is 0. The molecule has 6 nitrogen and oxygen atoms in total. The highest BCUT2D eigenvalue weighted by atomic mass is 16.6. The van der Waals surface area contributed by atoms with Crippen LogP contribution in [-0.4, -0.2) is 42.6 Å². The molecule has 1 heterocycles. The quantitative estimate of drug-likeness (QED) is 0.707. The third kappa shape index (κ3) is 3.00. The smallest absolute Gasteiger partial charge is 0.416 e. The number of amides is 2. The molecule has 1 saturated heterocycles.